The number of fused-ring (bicyclic) bond motifs is 1. The lowest BCUT2D eigenvalue weighted by Gasteiger charge is -2.24. The standard InChI is InChI=1S/C19H15F2NO4S/c1-26-19(23)12-22(18-9-7-15(20)11-17(18)21)27(24,25)16-8-6-13-4-2-3-5-14(13)10-16/h2-11H,12H2,1H3. The molecule has 27 heavy (non-hydrogen) atoms. The molecule has 0 aliphatic heterocycles. The van der Waals surface area contributed by atoms with Crippen molar-refractivity contribution >= 4 is 32.5 Å². The molecule has 0 N–H and O–H groups in total. The lowest BCUT2D eigenvalue weighted by molar-refractivity contribution is -0.138. The third kappa shape index (κ3) is 3.75. The molecule has 8 heteroatoms. The van der Waals surface area contributed by atoms with Crippen molar-refractivity contribution in [1.82, 2.24) is 0 Å². The minimum Gasteiger partial charge on any atom is -0.468 e. The summed E-state index contributed by atoms with van der Waals surface area (Å²) in [5.74, 6) is -2.86. The Morgan fingerprint density at radius 1 is 1.00 bits per heavy atom. The number of anilines is 1. The van der Waals surface area contributed by atoms with E-state index in [4.69, 9.17) is 0 Å². The molecule has 0 aromatic heterocycles. The molecule has 0 atom stereocenters. The summed E-state index contributed by atoms with van der Waals surface area (Å²) < 4.78 is 58.8. The molecule has 0 fully saturated rings. The Labute approximate surface area is 154 Å². The van der Waals surface area contributed by atoms with Gasteiger partial charge in [-0.25, -0.2) is 17.2 Å². The van der Waals surface area contributed by atoms with Crippen molar-refractivity contribution in [3.8, 4) is 0 Å². The number of halogens is 2. The maximum atomic E-state index is 14.3. The molecule has 3 aromatic carbocycles. The number of esters is 1. The van der Waals surface area contributed by atoms with Gasteiger partial charge in [-0.15, -0.1) is 0 Å². The molecule has 3 aromatic rings. The van der Waals surface area contributed by atoms with Gasteiger partial charge in [0.05, 0.1) is 17.7 Å². The Morgan fingerprint density at radius 2 is 1.70 bits per heavy atom. The van der Waals surface area contributed by atoms with Gasteiger partial charge in [-0.1, -0.05) is 30.3 Å². The van der Waals surface area contributed by atoms with Gasteiger partial charge in [-0.3, -0.25) is 9.10 Å². The molecule has 0 saturated heterocycles. The van der Waals surface area contributed by atoms with Gasteiger partial charge in [0.1, 0.15) is 18.2 Å². The molecule has 0 saturated carbocycles. The van der Waals surface area contributed by atoms with E-state index in [1.807, 2.05) is 12.1 Å². The van der Waals surface area contributed by atoms with Gasteiger partial charge < -0.3 is 4.74 Å². The minimum atomic E-state index is -4.32. The molecule has 0 aliphatic carbocycles. The van der Waals surface area contributed by atoms with Crippen LogP contribution in [0.15, 0.2) is 65.6 Å². The SMILES string of the molecule is COC(=O)CN(c1ccc(F)cc1F)S(=O)(=O)c1ccc2ccccc2c1. The van der Waals surface area contributed by atoms with E-state index in [1.165, 1.54) is 12.1 Å². The van der Waals surface area contributed by atoms with Crippen LogP contribution in [0.1, 0.15) is 0 Å². The molecule has 0 radical (unpaired) electrons. The molecule has 0 unspecified atom stereocenters. The Kier molecular flexibility index (Phi) is 5.09. The second-order valence-electron chi connectivity index (χ2n) is 5.69. The Morgan fingerprint density at radius 3 is 2.37 bits per heavy atom. The van der Waals surface area contributed by atoms with Crippen molar-refractivity contribution in [3.63, 3.8) is 0 Å². The highest BCUT2D eigenvalue weighted by atomic mass is 32.2. The Balaban J connectivity index is 2.14. The van der Waals surface area contributed by atoms with E-state index in [2.05, 4.69) is 4.74 Å². The summed E-state index contributed by atoms with van der Waals surface area (Å²) in [6.07, 6.45) is 0. The van der Waals surface area contributed by atoms with Crippen molar-refractivity contribution in [1.29, 1.82) is 0 Å². The first-order valence-electron chi connectivity index (χ1n) is 7.86. The summed E-state index contributed by atoms with van der Waals surface area (Å²) in [7, 11) is -3.23. The van der Waals surface area contributed by atoms with Crippen LogP contribution in [0.2, 0.25) is 0 Å². The molecule has 0 spiro atoms. The van der Waals surface area contributed by atoms with E-state index < -0.39 is 39.9 Å². The first-order chi connectivity index (χ1) is 12.8. The van der Waals surface area contributed by atoms with E-state index in [0.29, 0.717) is 15.8 Å². The normalized spacial score (nSPS) is 11.4. The quantitative estimate of drug-likeness (QED) is 0.625. The first-order valence-corrected chi connectivity index (χ1v) is 9.30. The number of benzene rings is 3. The molecule has 5 nitrogen and oxygen atoms in total. The summed E-state index contributed by atoms with van der Waals surface area (Å²) in [6, 6.07) is 14.0. The van der Waals surface area contributed by atoms with Crippen molar-refractivity contribution in [2.75, 3.05) is 18.0 Å². The van der Waals surface area contributed by atoms with Gasteiger partial charge in [0.25, 0.3) is 10.0 Å². The first kappa shape index (κ1) is 18.8. The number of ether oxygens (including phenoxy) is 1. The van der Waals surface area contributed by atoms with Crippen molar-refractivity contribution < 1.29 is 26.7 Å². The van der Waals surface area contributed by atoms with Gasteiger partial charge in [0, 0.05) is 6.07 Å². The summed E-state index contributed by atoms with van der Waals surface area (Å²) in [4.78, 5) is 11.6. The fourth-order valence-corrected chi connectivity index (χ4v) is 4.07. The predicted molar refractivity (Wildman–Crippen MR) is 96.9 cm³/mol. The number of sulfonamides is 1. The Bertz CT molecular complexity index is 1120. The van der Waals surface area contributed by atoms with Crippen LogP contribution in [-0.2, 0) is 19.6 Å². The summed E-state index contributed by atoms with van der Waals surface area (Å²) in [5.41, 5.74) is -0.449. The molecular weight excluding hydrogens is 376 g/mol. The lowest BCUT2D eigenvalue weighted by Crippen LogP contribution is -2.37. The highest BCUT2D eigenvalue weighted by molar-refractivity contribution is 7.92. The second kappa shape index (κ2) is 7.32. The molecule has 0 amide bonds. The van der Waals surface area contributed by atoms with Gasteiger partial charge >= 0.3 is 5.97 Å². The van der Waals surface area contributed by atoms with Crippen LogP contribution in [0.25, 0.3) is 10.8 Å². The average molecular weight is 391 g/mol. The number of rotatable bonds is 5. The Hall–Kier alpha value is -3.00. The van der Waals surface area contributed by atoms with E-state index in [9.17, 15) is 22.0 Å². The smallest absolute Gasteiger partial charge is 0.326 e. The topological polar surface area (TPSA) is 63.7 Å². The number of methoxy groups -OCH3 is 1. The van der Waals surface area contributed by atoms with Gasteiger partial charge in [-0.05, 0) is 35.0 Å². The number of hydrogen-bond acceptors (Lipinski definition) is 4. The fourth-order valence-electron chi connectivity index (χ4n) is 2.62. The largest absolute Gasteiger partial charge is 0.468 e. The van der Waals surface area contributed by atoms with Crippen LogP contribution in [-0.4, -0.2) is 28.0 Å². The van der Waals surface area contributed by atoms with Crippen LogP contribution in [0.5, 0.6) is 0 Å². The van der Waals surface area contributed by atoms with Crippen LogP contribution in [0, 0.1) is 11.6 Å². The maximum Gasteiger partial charge on any atom is 0.326 e. The molecule has 0 heterocycles. The maximum absolute atomic E-state index is 14.3. The van der Waals surface area contributed by atoms with Crippen molar-refractivity contribution in [2.24, 2.45) is 0 Å². The van der Waals surface area contributed by atoms with Crippen LogP contribution in [0.3, 0.4) is 0 Å². The summed E-state index contributed by atoms with van der Waals surface area (Å²) in [6.45, 7) is -0.756. The minimum absolute atomic E-state index is 0.131. The molecule has 3 rings (SSSR count). The zero-order valence-corrected chi connectivity index (χ0v) is 15.0. The van der Waals surface area contributed by atoms with Crippen LogP contribution < -0.4 is 4.31 Å². The average Bonchev–Trinajstić information content (AvgIpc) is 2.66. The number of carbonyl (C=O) groups is 1. The van der Waals surface area contributed by atoms with Crippen molar-refractivity contribution in [2.45, 2.75) is 4.90 Å². The molecular formula is C19H15F2NO4S. The highest BCUT2D eigenvalue weighted by Gasteiger charge is 2.30. The monoisotopic (exact) mass is 391 g/mol. The lowest BCUT2D eigenvalue weighted by atomic mass is 10.1. The zero-order chi connectivity index (χ0) is 19.6. The van der Waals surface area contributed by atoms with E-state index in [0.717, 1.165) is 24.6 Å². The fraction of sp³-hybridized carbons (Fsp3) is 0.105. The summed E-state index contributed by atoms with van der Waals surface area (Å²) >= 11 is 0. The molecule has 0 bridgehead atoms. The molecule has 0 aliphatic rings. The summed E-state index contributed by atoms with van der Waals surface area (Å²) in [5, 5.41) is 1.49. The predicted octanol–water partition coefficient (Wildman–Crippen LogP) is 3.49. The third-order valence-corrected chi connectivity index (χ3v) is 5.74. The van der Waals surface area contributed by atoms with E-state index in [1.54, 1.807) is 18.2 Å². The van der Waals surface area contributed by atoms with Gasteiger partial charge in [0.15, 0.2) is 0 Å². The number of nitrogens with zero attached hydrogens (tertiary/aromatic N) is 1. The van der Waals surface area contributed by atoms with Crippen LogP contribution >= 0.6 is 0 Å². The van der Waals surface area contributed by atoms with Gasteiger partial charge in [-0.2, -0.15) is 0 Å². The van der Waals surface area contributed by atoms with E-state index in [-0.39, 0.29) is 4.90 Å². The number of hydrogen-bond donors (Lipinski definition) is 0. The van der Waals surface area contributed by atoms with E-state index >= 15 is 0 Å². The van der Waals surface area contributed by atoms with Crippen molar-refractivity contribution in [3.05, 3.63) is 72.3 Å². The zero-order valence-electron chi connectivity index (χ0n) is 14.2. The van der Waals surface area contributed by atoms with Crippen LogP contribution in [0.4, 0.5) is 14.5 Å². The third-order valence-electron chi connectivity index (χ3n) is 3.99. The second-order valence-corrected chi connectivity index (χ2v) is 7.55. The highest BCUT2D eigenvalue weighted by Crippen LogP contribution is 2.28. The number of carbonyl (C=O) groups excluding carboxylic acids is 1. The van der Waals surface area contributed by atoms with Gasteiger partial charge in [0.2, 0.25) is 0 Å². The molecule has 140 valence electrons.